The maximum Gasteiger partial charge on any atom is 0.187 e. The molecule has 6 atom stereocenters. The second-order valence-electron chi connectivity index (χ2n) is 6.88. The van der Waals surface area contributed by atoms with Gasteiger partial charge in [0.15, 0.2) is 6.29 Å². The van der Waals surface area contributed by atoms with Crippen LogP contribution in [-0.4, -0.2) is 52.1 Å². The van der Waals surface area contributed by atoms with Gasteiger partial charge in [-0.15, -0.1) is 0 Å². The molecule has 3 saturated heterocycles. The van der Waals surface area contributed by atoms with Gasteiger partial charge < -0.3 is 24.8 Å². The van der Waals surface area contributed by atoms with Crippen molar-refractivity contribution in [3.8, 4) is 0 Å². The fraction of sp³-hybridized carbons (Fsp3) is 1.00. The second-order valence-corrected chi connectivity index (χ2v) is 6.88. The molecule has 0 radical (unpaired) electrons. The summed E-state index contributed by atoms with van der Waals surface area (Å²) in [6.07, 6.45) is 0.591. The molecule has 2 bridgehead atoms. The zero-order chi connectivity index (χ0) is 14.9. The van der Waals surface area contributed by atoms with E-state index in [-0.39, 0.29) is 18.4 Å². The van der Waals surface area contributed by atoms with Gasteiger partial charge in [-0.2, -0.15) is 0 Å². The Morgan fingerprint density at radius 1 is 1.15 bits per heavy atom. The molecule has 0 amide bonds. The van der Waals surface area contributed by atoms with Crippen LogP contribution in [0.4, 0.5) is 0 Å². The van der Waals surface area contributed by atoms with E-state index in [9.17, 15) is 15.3 Å². The number of hydrogen-bond donors (Lipinski definition) is 3. The lowest BCUT2D eigenvalue weighted by molar-refractivity contribution is -0.318. The van der Waals surface area contributed by atoms with Crippen LogP contribution in [0.25, 0.3) is 0 Å². The summed E-state index contributed by atoms with van der Waals surface area (Å²) in [5, 5.41) is 30.2. The van der Waals surface area contributed by atoms with Crippen molar-refractivity contribution in [2.45, 2.75) is 76.7 Å². The van der Waals surface area contributed by atoms with E-state index >= 15 is 0 Å². The highest BCUT2D eigenvalue weighted by atomic mass is 16.7. The summed E-state index contributed by atoms with van der Waals surface area (Å²) in [6, 6.07) is 0. The van der Waals surface area contributed by atoms with E-state index in [0.29, 0.717) is 0 Å². The first kappa shape index (κ1) is 16.2. The second kappa shape index (κ2) is 6.28. The zero-order valence-electron chi connectivity index (χ0n) is 12.7. The van der Waals surface area contributed by atoms with Gasteiger partial charge in [0.25, 0.3) is 0 Å². The van der Waals surface area contributed by atoms with Crippen molar-refractivity contribution in [1.82, 2.24) is 0 Å². The lowest BCUT2D eigenvalue weighted by Crippen LogP contribution is -2.59. The quantitative estimate of drug-likeness (QED) is 0.672. The average Bonchev–Trinajstić information content (AvgIpc) is 2.41. The number of rotatable bonds is 1. The van der Waals surface area contributed by atoms with Crippen molar-refractivity contribution in [3.05, 3.63) is 0 Å². The van der Waals surface area contributed by atoms with Crippen LogP contribution in [0.2, 0.25) is 0 Å². The first-order valence-corrected chi connectivity index (χ1v) is 7.66. The van der Waals surface area contributed by atoms with Gasteiger partial charge in [0.2, 0.25) is 0 Å². The van der Waals surface area contributed by atoms with Crippen molar-refractivity contribution < 1.29 is 24.8 Å². The zero-order valence-corrected chi connectivity index (χ0v) is 12.7. The highest BCUT2D eigenvalue weighted by Gasteiger charge is 2.48. The monoisotopic (exact) mass is 288 g/mol. The lowest BCUT2D eigenvalue weighted by Gasteiger charge is -2.45. The van der Waals surface area contributed by atoms with E-state index in [2.05, 4.69) is 6.92 Å². The Hall–Kier alpha value is -0.200. The van der Waals surface area contributed by atoms with Crippen LogP contribution in [0.1, 0.15) is 46.5 Å². The largest absolute Gasteiger partial charge is 0.394 e. The van der Waals surface area contributed by atoms with Crippen molar-refractivity contribution in [3.63, 3.8) is 0 Å². The molecular formula is C15H28O5. The van der Waals surface area contributed by atoms with Crippen molar-refractivity contribution >= 4 is 0 Å². The number of aliphatic hydroxyl groups is 3. The molecule has 0 aromatic carbocycles. The average molecular weight is 288 g/mol. The summed E-state index contributed by atoms with van der Waals surface area (Å²) in [5.41, 5.74) is -0.411. The van der Waals surface area contributed by atoms with Crippen molar-refractivity contribution in [2.75, 3.05) is 6.61 Å². The van der Waals surface area contributed by atoms with E-state index in [0.717, 1.165) is 25.7 Å². The highest BCUT2D eigenvalue weighted by Crippen LogP contribution is 2.37. The van der Waals surface area contributed by atoms with Gasteiger partial charge in [-0.1, -0.05) is 26.2 Å². The first-order chi connectivity index (χ1) is 9.35. The van der Waals surface area contributed by atoms with Crippen LogP contribution in [0.15, 0.2) is 0 Å². The SMILES string of the molecule is CC1CCCCC(C)(C)OC2OC(CO)C1C(O)C2O. The summed E-state index contributed by atoms with van der Waals surface area (Å²) < 4.78 is 11.6. The Morgan fingerprint density at radius 3 is 2.50 bits per heavy atom. The van der Waals surface area contributed by atoms with E-state index in [1.165, 1.54) is 0 Å². The third kappa shape index (κ3) is 3.34. The molecule has 0 aliphatic carbocycles. The standard InChI is InChI=1S/C15H28O5/c1-9-6-4-5-7-15(2,3)20-14-13(18)12(17)11(9)10(8-16)19-14/h9-14,16-18H,4-8H2,1-3H3. The normalized spacial score (nSPS) is 45.9. The highest BCUT2D eigenvalue weighted by molar-refractivity contribution is 4.92. The van der Waals surface area contributed by atoms with E-state index in [1.807, 2.05) is 13.8 Å². The fourth-order valence-corrected chi connectivity index (χ4v) is 3.50. The molecule has 3 rings (SSSR count). The number of ether oxygens (including phenoxy) is 2. The topological polar surface area (TPSA) is 79.2 Å². The molecule has 3 aliphatic rings. The molecule has 6 unspecified atom stereocenters. The van der Waals surface area contributed by atoms with Gasteiger partial charge in [0.05, 0.1) is 24.4 Å². The van der Waals surface area contributed by atoms with Crippen LogP contribution < -0.4 is 0 Å². The molecule has 3 fully saturated rings. The number of fused-ring (bicyclic) bond motifs is 8. The summed E-state index contributed by atoms with van der Waals surface area (Å²) in [4.78, 5) is 0. The molecule has 20 heavy (non-hydrogen) atoms. The molecule has 118 valence electrons. The van der Waals surface area contributed by atoms with Crippen molar-refractivity contribution in [1.29, 1.82) is 0 Å². The van der Waals surface area contributed by atoms with Gasteiger partial charge in [0.1, 0.15) is 6.10 Å². The Morgan fingerprint density at radius 2 is 1.85 bits per heavy atom. The van der Waals surface area contributed by atoms with Crippen LogP contribution in [0, 0.1) is 11.8 Å². The molecule has 0 spiro atoms. The molecule has 0 aromatic rings. The van der Waals surface area contributed by atoms with Crippen LogP contribution in [-0.2, 0) is 9.47 Å². The van der Waals surface area contributed by atoms with Crippen molar-refractivity contribution in [2.24, 2.45) is 11.8 Å². The maximum absolute atomic E-state index is 10.4. The predicted octanol–water partition coefficient (Wildman–Crippen LogP) is 1.05. The number of hydrogen-bond acceptors (Lipinski definition) is 5. The minimum absolute atomic E-state index is 0.168. The molecular weight excluding hydrogens is 260 g/mol. The molecule has 5 heteroatoms. The molecule has 0 aromatic heterocycles. The minimum Gasteiger partial charge on any atom is -0.394 e. The summed E-state index contributed by atoms with van der Waals surface area (Å²) in [5.74, 6) is -0.0602. The summed E-state index contributed by atoms with van der Waals surface area (Å²) >= 11 is 0. The van der Waals surface area contributed by atoms with Crippen LogP contribution >= 0.6 is 0 Å². The van der Waals surface area contributed by atoms with E-state index < -0.39 is 30.2 Å². The predicted molar refractivity (Wildman–Crippen MR) is 74.0 cm³/mol. The first-order valence-electron chi connectivity index (χ1n) is 7.66. The summed E-state index contributed by atoms with van der Waals surface area (Å²) in [7, 11) is 0. The Labute approximate surface area is 120 Å². The molecule has 3 N–H and O–H groups in total. The Kier molecular flexibility index (Phi) is 5.08. The minimum atomic E-state index is -1.07. The lowest BCUT2D eigenvalue weighted by atomic mass is 9.78. The third-order valence-electron chi connectivity index (χ3n) is 4.72. The van der Waals surface area contributed by atoms with Crippen LogP contribution in [0.3, 0.4) is 0 Å². The van der Waals surface area contributed by atoms with Gasteiger partial charge in [-0.3, -0.25) is 0 Å². The van der Waals surface area contributed by atoms with E-state index in [1.54, 1.807) is 0 Å². The molecule has 5 nitrogen and oxygen atoms in total. The molecule has 3 heterocycles. The van der Waals surface area contributed by atoms with E-state index in [4.69, 9.17) is 9.47 Å². The third-order valence-corrected chi connectivity index (χ3v) is 4.72. The summed E-state index contributed by atoms with van der Waals surface area (Å²) in [6.45, 7) is 5.82. The van der Waals surface area contributed by atoms with Gasteiger partial charge in [-0.05, 0) is 26.2 Å². The molecule has 3 aliphatic heterocycles. The van der Waals surface area contributed by atoms with Gasteiger partial charge in [-0.25, -0.2) is 0 Å². The van der Waals surface area contributed by atoms with Gasteiger partial charge >= 0.3 is 0 Å². The smallest absolute Gasteiger partial charge is 0.187 e. The Balaban J connectivity index is 2.27. The van der Waals surface area contributed by atoms with Crippen LogP contribution in [0.5, 0.6) is 0 Å². The Bertz CT molecular complexity index is 317. The maximum atomic E-state index is 10.4. The van der Waals surface area contributed by atoms with Gasteiger partial charge in [0, 0.05) is 5.92 Å². The molecule has 0 saturated carbocycles. The fourth-order valence-electron chi connectivity index (χ4n) is 3.50. The number of aliphatic hydroxyl groups excluding tert-OH is 3.